The number of amides is 1. The minimum Gasteiger partial charge on any atom is -0.378 e. The van der Waals surface area contributed by atoms with E-state index < -0.39 is 9.84 Å². The first-order valence-electron chi connectivity index (χ1n) is 9.84. The number of pyridine rings is 1. The monoisotopic (exact) mass is 449 g/mol. The van der Waals surface area contributed by atoms with Crippen molar-refractivity contribution in [1.82, 2.24) is 10.3 Å². The van der Waals surface area contributed by atoms with Crippen molar-refractivity contribution in [3.8, 4) is 0 Å². The van der Waals surface area contributed by atoms with Gasteiger partial charge in [0.25, 0.3) is 5.91 Å². The molecule has 2 heterocycles. The number of carbonyl (C=O) groups is 1. The summed E-state index contributed by atoms with van der Waals surface area (Å²) in [6.07, 6.45) is 1.17. The van der Waals surface area contributed by atoms with Gasteiger partial charge in [-0.1, -0.05) is 19.1 Å². The maximum atomic E-state index is 13.0. The van der Waals surface area contributed by atoms with Gasteiger partial charge in [-0.05, 0) is 42.0 Å². The minimum absolute atomic E-state index is 0.214. The SMILES string of the molecule is CCSc1nc(N2CCOCC2)cc(C)c1C(=O)NCc1cccc(S(C)(=O)=O)c1. The number of aryl methyl sites for hydroxylation is 1. The van der Waals surface area contributed by atoms with Gasteiger partial charge in [0.05, 0.1) is 23.7 Å². The highest BCUT2D eigenvalue weighted by Gasteiger charge is 2.21. The molecule has 1 aromatic heterocycles. The van der Waals surface area contributed by atoms with Crippen LogP contribution in [0.25, 0.3) is 0 Å². The number of hydrogen-bond acceptors (Lipinski definition) is 7. The second-order valence-corrected chi connectivity index (χ2v) is 10.4. The first kappa shape index (κ1) is 22.6. The van der Waals surface area contributed by atoms with Gasteiger partial charge in [0.15, 0.2) is 9.84 Å². The molecule has 1 aliphatic heterocycles. The second-order valence-electron chi connectivity index (χ2n) is 7.11. The van der Waals surface area contributed by atoms with Crippen molar-refractivity contribution in [2.45, 2.75) is 30.3 Å². The highest BCUT2D eigenvalue weighted by Crippen LogP contribution is 2.28. The first-order chi connectivity index (χ1) is 14.3. The average molecular weight is 450 g/mol. The van der Waals surface area contributed by atoms with E-state index in [1.54, 1.807) is 36.0 Å². The largest absolute Gasteiger partial charge is 0.378 e. The Bertz CT molecular complexity index is 1020. The van der Waals surface area contributed by atoms with Gasteiger partial charge in [-0.3, -0.25) is 4.79 Å². The summed E-state index contributed by atoms with van der Waals surface area (Å²) < 4.78 is 28.9. The molecule has 0 radical (unpaired) electrons. The number of carbonyl (C=O) groups excluding carboxylic acids is 1. The topological polar surface area (TPSA) is 88.6 Å². The fourth-order valence-electron chi connectivity index (χ4n) is 3.26. The first-order valence-corrected chi connectivity index (χ1v) is 12.7. The van der Waals surface area contributed by atoms with Crippen LogP contribution >= 0.6 is 11.8 Å². The molecule has 0 aliphatic carbocycles. The quantitative estimate of drug-likeness (QED) is 0.650. The number of hydrogen-bond donors (Lipinski definition) is 1. The molecular weight excluding hydrogens is 422 g/mol. The lowest BCUT2D eigenvalue weighted by molar-refractivity contribution is 0.0946. The predicted octanol–water partition coefficient (Wildman–Crippen LogP) is 2.67. The highest BCUT2D eigenvalue weighted by atomic mass is 32.2. The molecule has 0 bridgehead atoms. The Morgan fingerprint density at radius 2 is 2.00 bits per heavy atom. The molecule has 1 N–H and O–H groups in total. The molecule has 1 aromatic carbocycles. The zero-order chi connectivity index (χ0) is 21.7. The third-order valence-corrected chi connectivity index (χ3v) is 6.76. The predicted molar refractivity (Wildman–Crippen MR) is 119 cm³/mol. The molecule has 2 aromatic rings. The van der Waals surface area contributed by atoms with E-state index in [9.17, 15) is 13.2 Å². The molecule has 30 heavy (non-hydrogen) atoms. The van der Waals surface area contributed by atoms with E-state index in [1.165, 1.54) is 6.26 Å². The van der Waals surface area contributed by atoms with E-state index >= 15 is 0 Å². The fraction of sp³-hybridized carbons (Fsp3) is 0.429. The van der Waals surface area contributed by atoms with Gasteiger partial charge in [0, 0.05) is 25.9 Å². The van der Waals surface area contributed by atoms with E-state index in [1.807, 2.05) is 19.9 Å². The lowest BCUT2D eigenvalue weighted by Gasteiger charge is -2.28. The van der Waals surface area contributed by atoms with Crippen LogP contribution in [0.5, 0.6) is 0 Å². The van der Waals surface area contributed by atoms with Crippen LogP contribution in [0.1, 0.15) is 28.4 Å². The smallest absolute Gasteiger partial charge is 0.254 e. The summed E-state index contributed by atoms with van der Waals surface area (Å²) in [5, 5.41) is 3.62. The highest BCUT2D eigenvalue weighted by molar-refractivity contribution is 7.99. The van der Waals surface area contributed by atoms with Crippen molar-refractivity contribution < 1.29 is 17.9 Å². The number of nitrogens with zero attached hydrogens (tertiary/aromatic N) is 2. The van der Waals surface area contributed by atoms with Crippen molar-refractivity contribution in [3.05, 3.63) is 47.0 Å². The summed E-state index contributed by atoms with van der Waals surface area (Å²) >= 11 is 1.54. The van der Waals surface area contributed by atoms with Crippen molar-refractivity contribution >= 4 is 33.3 Å². The van der Waals surface area contributed by atoms with E-state index in [2.05, 4.69) is 10.2 Å². The van der Waals surface area contributed by atoms with Crippen molar-refractivity contribution in [2.75, 3.05) is 43.2 Å². The van der Waals surface area contributed by atoms with E-state index in [4.69, 9.17) is 9.72 Å². The molecule has 0 atom stereocenters. The summed E-state index contributed by atoms with van der Waals surface area (Å²) in [6.45, 7) is 7.10. The molecule has 1 saturated heterocycles. The summed E-state index contributed by atoms with van der Waals surface area (Å²) in [5.74, 6) is 1.45. The van der Waals surface area contributed by atoms with Crippen LogP contribution in [0.3, 0.4) is 0 Å². The van der Waals surface area contributed by atoms with Crippen molar-refractivity contribution in [1.29, 1.82) is 0 Å². The van der Waals surface area contributed by atoms with Gasteiger partial charge in [-0.2, -0.15) is 0 Å². The molecule has 0 unspecified atom stereocenters. The molecule has 3 rings (SSSR count). The van der Waals surface area contributed by atoms with Crippen molar-refractivity contribution in [2.24, 2.45) is 0 Å². The number of nitrogens with one attached hydrogen (secondary N) is 1. The van der Waals surface area contributed by atoms with Gasteiger partial charge in [0.1, 0.15) is 10.8 Å². The second kappa shape index (κ2) is 9.80. The van der Waals surface area contributed by atoms with E-state index in [0.717, 1.165) is 35.8 Å². The van der Waals surface area contributed by atoms with Crippen LogP contribution in [-0.2, 0) is 21.1 Å². The molecule has 1 aliphatic rings. The van der Waals surface area contributed by atoms with Crippen LogP contribution in [0.15, 0.2) is 40.3 Å². The standard InChI is InChI=1S/C21H27N3O4S2/c1-4-29-21-19(15(2)12-18(23-21)24-8-10-28-11-9-24)20(25)22-14-16-6-5-7-17(13-16)30(3,26)27/h5-7,12-13H,4,8-11,14H2,1-3H3,(H,22,25). The molecule has 0 spiro atoms. The molecule has 7 nitrogen and oxygen atoms in total. The Labute approximate surface area is 182 Å². The average Bonchev–Trinajstić information content (AvgIpc) is 2.72. The van der Waals surface area contributed by atoms with Crippen LogP contribution in [0.4, 0.5) is 5.82 Å². The zero-order valence-corrected chi connectivity index (χ0v) is 19.1. The third-order valence-electron chi connectivity index (χ3n) is 4.79. The van der Waals surface area contributed by atoms with E-state index in [-0.39, 0.29) is 17.3 Å². The Balaban J connectivity index is 1.81. The van der Waals surface area contributed by atoms with Gasteiger partial charge < -0.3 is 15.0 Å². The van der Waals surface area contributed by atoms with Crippen LogP contribution < -0.4 is 10.2 Å². The Morgan fingerprint density at radius 3 is 2.67 bits per heavy atom. The maximum Gasteiger partial charge on any atom is 0.254 e. The Kier molecular flexibility index (Phi) is 7.38. The summed E-state index contributed by atoms with van der Waals surface area (Å²) in [6, 6.07) is 8.56. The van der Waals surface area contributed by atoms with Gasteiger partial charge in [-0.25, -0.2) is 13.4 Å². The molecule has 1 amide bonds. The number of benzene rings is 1. The number of rotatable bonds is 7. The molecule has 1 fully saturated rings. The van der Waals surface area contributed by atoms with Gasteiger partial charge in [-0.15, -0.1) is 11.8 Å². The van der Waals surface area contributed by atoms with Crippen LogP contribution in [0.2, 0.25) is 0 Å². The molecular formula is C21H27N3O4S2. The normalized spacial score (nSPS) is 14.6. The third kappa shape index (κ3) is 5.53. The van der Waals surface area contributed by atoms with Crippen LogP contribution in [0, 0.1) is 6.92 Å². The summed E-state index contributed by atoms with van der Waals surface area (Å²) in [7, 11) is -3.29. The number of anilines is 1. The number of ether oxygens (including phenoxy) is 1. The summed E-state index contributed by atoms with van der Waals surface area (Å²) in [4.78, 5) is 20.2. The van der Waals surface area contributed by atoms with Gasteiger partial charge in [0.2, 0.25) is 0 Å². The number of thioether (sulfide) groups is 1. The van der Waals surface area contributed by atoms with Crippen LogP contribution in [-0.4, -0.2) is 57.6 Å². The lowest BCUT2D eigenvalue weighted by Crippen LogP contribution is -2.37. The molecule has 162 valence electrons. The minimum atomic E-state index is -3.29. The number of sulfone groups is 1. The molecule has 0 saturated carbocycles. The number of morpholine rings is 1. The Hall–Kier alpha value is -2.10. The van der Waals surface area contributed by atoms with E-state index in [0.29, 0.717) is 23.8 Å². The lowest BCUT2D eigenvalue weighted by atomic mass is 10.1. The fourth-order valence-corrected chi connectivity index (χ4v) is 4.78. The zero-order valence-electron chi connectivity index (χ0n) is 17.5. The summed E-state index contributed by atoms with van der Waals surface area (Å²) in [5.41, 5.74) is 2.16. The van der Waals surface area contributed by atoms with Gasteiger partial charge >= 0.3 is 0 Å². The number of aromatic nitrogens is 1. The maximum absolute atomic E-state index is 13.0. The molecule has 9 heteroatoms. The Morgan fingerprint density at radius 1 is 1.27 bits per heavy atom. The van der Waals surface area contributed by atoms with Crippen molar-refractivity contribution in [3.63, 3.8) is 0 Å².